The highest BCUT2D eigenvalue weighted by Crippen LogP contribution is 2.31. The molecule has 2 heterocycles. The molecule has 0 saturated heterocycles. The molecule has 0 aromatic carbocycles. The maximum atomic E-state index is 13.0. The van der Waals surface area contributed by atoms with Crippen LogP contribution in [-0.2, 0) is 18.1 Å². The van der Waals surface area contributed by atoms with Crippen LogP contribution in [0, 0.1) is 0 Å². The molecule has 0 bridgehead atoms. The number of alkyl halides is 3. The maximum absolute atomic E-state index is 13.0. The van der Waals surface area contributed by atoms with E-state index in [1.165, 1.54) is 26.6 Å². The maximum Gasteiger partial charge on any atom is 0.435 e. The van der Waals surface area contributed by atoms with E-state index in [1.54, 1.807) is 18.3 Å². The average molecular weight is 299 g/mol. The normalized spacial score (nSPS) is 12.3. The van der Waals surface area contributed by atoms with E-state index < -0.39 is 11.9 Å². The summed E-state index contributed by atoms with van der Waals surface area (Å²) in [6.07, 6.45) is -0.385. The van der Waals surface area contributed by atoms with Crippen LogP contribution in [-0.4, -0.2) is 27.7 Å². The van der Waals surface area contributed by atoms with Crippen molar-refractivity contribution >= 4 is 11.5 Å². The summed E-state index contributed by atoms with van der Waals surface area (Å²) in [6.45, 7) is 0. The van der Waals surface area contributed by atoms with Crippen LogP contribution in [0.1, 0.15) is 11.3 Å². The molecule has 0 atom stereocenters. The SMILES string of the molecule is CO/N=C(/Nc1cccnc1)c1cn(C)nc1C(F)(F)F. The fourth-order valence-electron chi connectivity index (χ4n) is 1.68. The molecule has 0 aliphatic heterocycles. The third-order valence-electron chi connectivity index (χ3n) is 2.46. The van der Waals surface area contributed by atoms with Crippen molar-refractivity contribution in [3.05, 3.63) is 42.0 Å². The first kappa shape index (κ1) is 14.8. The summed E-state index contributed by atoms with van der Waals surface area (Å²) in [6, 6.07) is 3.28. The molecule has 21 heavy (non-hydrogen) atoms. The fourth-order valence-corrected chi connectivity index (χ4v) is 1.68. The Bertz CT molecular complexity index is 636. The topological polar surface area (TPSA) is 64.3 Å². The zero-order chi connectivity index (χ0) is 15.5. The highest BCUT2D eigenvalue weighted by Gasteiger charge is 2.38. The Kier molecular flexibility index (Phi) is 4.10. The van der Waals surface area contributed by atoms with Gasteiger partial charge in [0.1, 0.15) is 7.11 Å². The lowest BCUT2D eigenvalue weighted by molar-refractivity contribution is -0.141. The Hall–Kier alpha value is -2.58. The van der Waals surface area contributed by atoms with E-state index in [1.807, 2.05) is 0 Å². The molecule has 0 fully saturated rings. The van der Waals surface area contributed by atoms with Crippen LogP contribution in [0.25, 0.3) is 0 Å². The van der Waals surface area contributed by atoms with Crippen molar-refractivity contribution in [1.29, 1.82) is 0 Å². The molecule has 0 saturated carbocycles. The van der Waals surface area contributed by atoms with E-state index in [0.29, 0.717) is 5.69 Å². The minimum Gasteiger partial charge on any atom is -0.397 e. The lowest BCUT2D eigenvalue weighted by atomic mass is 10.2. The molecule has 2 aromatic rings. The van der Waals surface area contributed by atoms with Crippen LogP contribution in [0.3, 0.4) is 0 Å². The second kappa shape index (κ2) is 5.81. The Morgan fingerprint density at radius 1 is 1.43 bits per heavy atom. The molecule has 0 radical (unpaired) electrons. The minimum absolute atomic E-state index is 0.106. The van der Waals surface area contributed by atoms with Crippen molar-refractivity contribution in [1.82, 2.24) is 14.8 Å². The number of rotatable bonds is 3. The first-order valence-corrected chi connectivity index (χ1v) is 5.81. The molecule has 6 nitrogen and oxygen atoms in total. The fraction of sp³-hybridized carbons (Fsp3) is 0.250. The molecule has 9 heteroatoms. The second-order valence-electron chi connectivity index (χ2n) is 4.05. The second-order valence-corrected chi connectivity index (χ2v) is 4.05. The molecule has 1 N–H and O–H groups in total. The monoisotopic (exact) mass is 299 g/mol. The van der Waals surface area contributed by atoms with Gasteiger partial charge >= 0.3 is 6.18 Å². The molecule has 2 aromatic heterocycles. The van der Waals surface area contributed by atoms with E-state index in [2.05, 4.69) is 25.4 Å². The standard InChI is InChI=1S/C12H12F3N5O/c1-20-7-9(10(18-20)12(13,14)15)11(19-21-2)17-8-4-3-5-16-6-8/h3-7H,1-2H3,(H,17,19). The quantitative estimate of drug-likeness (QED) is 0.536. The summed E-state index contributed by atoms with van der Waals surface area (Å²) in [5, 5.41) is 9.76. The predicted molar refractivity (Wildman–Crippen MR) is 69.6 cm³/mol. The summed E-state index contributed by atoms with van der Waals surface area (Å²) in [5.74, 6) is -0.106. The first-order valence-electron chi connectivity index (χ1n) is 5.81. The highest BCUT2D eigenvalue weighted by atomic mass is 19.4. The summed E-state index contributed by atoms with van der Waals surface area (Å²) >= 11 is 0. The molecule has 0 amide bonds. The smallest absolute Gasteiger partial charge is 0.397 e. The van der Waals surface area contributed by atoms with Gasteiger partial charge in [0, 0.05) is 19.4 Å². The molecule has 0 aliphatic rings. The number of amidine groups is 1. The Morgan fingerprint density at radius 3 is 2.76 bits per heavy atom. The number of nitrogens with zero attached hydrogens (tertiary/aromatic N) is 4. The number of nitrogens with one attached hydrogen (secondary N) is 1. The molecule has 0 aliphatic carbocycles. The third kappa shape index (κ3) is 3.50. The van der Waals surface area contributed by atoms with Crippen molar-refractivity contribution in [2.75, 3.05) is 12.4 Å². The van der Waals surface area contributed by atoms with Crippen LogP contribution in [0.15, 0.2) is 35.9 Å². The number of anilines is 1. The van der Waals surface area contributed by atoms with Gasteiger partial charge in [-0.3, -0.25) is 9.67 Å². The molecular formula is C12H12F3N5O. The van der Waals surface area contributed by atoms with E-state index in [-0.39, 0.29) is 11.4 Å². The van der Waals surface area contributed by atoms with Crippen LogP contribution < -0.4 is 5.32 Å². The van der Waals surface area contributed by atoms with Gasteiger partial charge in [-0.2, -0.15) is 18.3 Å². The number of aryl methyl sites for hydroxylation is 1. The van der Waals surface area contributed by atoms with Gasteiger partial charge in [-0.05, 0) is 12.1 Å². The predicted octanol–water partition coefficient (Wildman–Crippen LogP) is 2.25. The van der Waals surface area contributed by atoms with E-state index in [0.717, 1.165) is 4.68 Å². The Morgan fingerprint density at radius 2 is 2.19 bits per heavy atom. The summed E-state index contributed by atoms with van der Waals surface area (Å²) in [4.78, 5) is 8.47. The average Bonchev–Trinajstić information content (AvgIpc) is 2.82. The van der Waals surface area contributed by atoms with Gasteiger partial charge in [-0.1, -0.05) is 5.16 Å². The Labute approximate surface area is 118 Å². The summed E-state index contributed by atoms with van der Waals surface area (Å²) < 4.78 is 40.0. The van der Waals surface area contributed by atoms with Gasteiger partial charge in [0.05, 0.1) is 17.4 Å². The lowest BCUT2D eigenvalue weighted by Crippen LogP contribution is -2.19. The van der Waals surface area contributed by atoms with Gasteiger partial charge in [0.2, 0.25) is 0 Å². The first-order chi connectivity index (χ1) is 9.91. The number of halogens is 3. The van der Waals surface area contributed by atoms with E-state index >= 15 is 0 Å². The summed E-state index contributed by atoms with van der Waals surface area (Å²) in [5.41, 5.74) is -0.779. The van der Waals surface area contributed by atoms with Crippen molar-refractivity contribution in [2.24, 2.45) is 12.2 Å². The zero-order valence-corrected chi connectivity index (χ0v) is 11.2. The van der Waals surface area contributed by atoms with Gasteiger partial charge < -0.3 is 10.2 Å². The summed E-state index contributed by atoms with van der Waals surface area (Å²) in [7, 11) is 2.64. The van der Waals surface area contributed by atoms with Gasteiger partial charge in [-0.15, -0.1) is 0 Å². The van der Waals surface area contributed by atoms with E-state index in [4.69, 9.17) is 0 Å². The van der Waals surface area contributed by atoms with Crippen LogP contribution >= 0.6 is 0 Å². The van der Waals surface area contributed by atoms with Crippen LogP contribution in [0.4, 0.5) is 18.9 Å². The van der Waals surface area contributed by atoms with E-state index in [9.17, 15) is 13.2 Å². The minimum atomic E-state index is -4.60. The number of pyridine rings is 1. The van der Waals surface area contributed by atoms with Crippen LogP contribution in [0.5, 0.6) is 0 Å². The van der Waals surface area contributed by atoms with Gasteiger partial charge in [-0.25, -0.2) is 0 Å². The molecule has 112 valence electrons. The van der Waals surface area contributed by atoms with Crippen molar-refractivity contribution < 1.29 is 18.0 Å². The number of hydrogen-bond acceptors (Lipinski definition) is 4. The number of aromatic nitrogens is 3. The molecular weight excluding hydrogens is 287 g/mol. The zero-order valence-electron chi connectivity index (χ0n) is 11.2. The lowest BCUT2D eigenvalue weighted by Gasteiger charge is -2.10. The third-order valence-corrected chi connectivity index (χ3v) is 2.46. The largest absolute Gasteiger partial charge is 0.435 e. The van der Waals surface area contributed by atoms with Crippen molar-refractivity contribution in [2.45, 2.75) is 6.18 Å². The molecule has 2 rings (SSSR count). The number of oxime groups is 1. The van der Waals surface area contributed by atoms with Crippen molar-refractivity contribution in [3.8, 4) is 0 Å². The number of hydrogen-bond donors (Lipinski definition) is 1. The van der Waals surface area contributed by atoms with Gasteiger partial charge in [0.15, 0.2) is 11.5 Å². The van der Waals surface area contributed by atoms with Gasteiger partial charge in [0.25, 0.3) is 0 Å². The molecule has 0 unspecified atom stereocenters. The molecule has 0 spiro atoms. The van der Waals surface area contributed by atoms with Crippen LogP contribution in [0.2, 0.25) is 0 Å². The van der Waals surface area contributed by atoms with Crippen molar-refractivity contribution in [3.63, 3.8) is 0 Å². The highest BCUT2D eigenvalue weighted by molar-refractivity contribution is 6.08. The Balaban J connectivity index is 2.42.